The van der Waals surface area contributed by atoms with Gasteiger partial charge in [0.15, 0.2) is 5.82 Å². The summed E-state index contributed by atoms with van der Waals surface area (Å²) in [4.78, 5) is 8.87. The van der Waals surface area contributed by atoms with E-state index in [9.17, 15) is 5.11 Å². The van der Waals surface area contributed by atoms with Gasteiger partial charge in [0.05, 0.1) is 6.20 Å². The Hall–Kier alpha value is -3.12. The summed E-state index contributed by atoms with van der Waals surface area (Å²) in [7, 11) is 0. The molecular weight excluding hydrogens is 386 g/mol. The number of phenols is 1. The number of benzene rings is 1. The molecule has 5 rings (SSSR count). The van der Waals surface area contributed by atoms with Crippen molar-refractivity contribution in [2.75, 3.05) is 13.1 Å². The second-order valence-corrected chi connectivity index (χ2v) is 8.66. The number of aryl methyl sites for hydroxylation is 1. The first-order valence-electron chi connectivity index (χ1n) is 11.0. The number of hydrogen-bond donors (Lipinski definition) is 2. The van der Waals surface area contributed by atoms with E-state index in [0.717, 1.165) is 66.6 Å². The van der Waals surface area contributed by atoms with Gasteiger partial charge in [0.2, 0.25) is 0 Å². The number of fused-ring (bicyclic) bond motifs is 1. The van der Waals surface area contributed by atoms with Gasteiger partial charge in [-0.05, 0) is 91.1 Å². The minimum Gasteiger partial charge on any atom is -0.507 e. The van der Waals surface area contributed by atoms with E-state index < -0.39 is 0 Å². The molecule has 6 nitrogen and oxygen atoms in total. The van der Waals surface area contributed by atoms with Gasteiger partial charge in [-0.3, -0.25) is 4.98 Å². The van der Waals surface area contributed by atoms with Gasteiger partial charge < -0.3 is 10.4 Å². The maximum absolute atomic E-state index is 10.6. The van der Waals surface area contributed by atoms with Crippen molar-refractivity contribution in [3.05, 3.63) is 60.8 Å². The van der Waals surface area contributed by atoms with Crippen LogP contribution in [0.3, 0.4) is 0 Å². The largest absolute Gasteiger partial charge is 0.507 e. The van der Waals surface area contributed by atoms with Crippen molar-refractivity contribution in [3.8, 4) is 28.1 Å². The quantitative estimate of drug-likeness (QED) is 0.654. The summed E-state index contributed by atoms with van der Waals surface area (Å²) >= 11 is 0. The van der Waals surface area contributed by atoms with E-state index >= 15 is 0 Å². The first-order chi connectivity index (χ1) is 15.1. The molecule has 0 amide bonds. The van der Waals surface area contributed by atoms with Crippen LogP contribution >= 0.6 is 0 Å². The highest BCUT2D eigenvalue weighted by Gasteiger charge is 2.38. The van der Waals surface area contributed by atoms with Gasteiger partial charge in [-0.15, -0.1) is 10.2 Å². The Morgan fingerprint density at radius 1 is 1.06 bits per heavy atom. The minimum absolute atomic E-state index is 0.158. The van der Waals surface area contributed by atoms with Crippen LogP contribution in [0, 0.1) is 17.8 Å². The SMILES string of the molecule is C=C(c1ncc(-c2ccc(-c3ccnc(CC)c3)cc2O)nn1)C1C[C@H]2CNC[C@H]2C1. The Bertz CT molecular complexity index is 1100. The maximum Gasteiger partial charge on any atom is 0.177 e. The molecule has 6 heteroatoms. The highest BCUT2D eigenvalue weighted by molar-refractivity contribution is 5.74. The molecule has 0 spiro atoms. The van der Waals surface area contributed by atoms with Crippen molar-refractivity contribution in [2.45, 2.75) is 26.2 Å². The number of nitrogens with one attached hydrogen (secondary N) is 1. The molecule has 2 aliphatic rings. The molecule has 2 aromatic heterocycles. The normalized spacial score (nSPS) is 22.4. The second-order valence-electron chi connectivity index (χ2n) is 8.66. The molecule has 2 N–H and O–H groups in total. The lowest BCUT2D eigenvalue weighted by Crippen LogP contribution is -2.13. The monoisotopic (exact) mass is 413 g/mol. The average Bonchev–Trinajstić information content (AvgIpc) is 3.41. The molecule has 0 bridgehead atoms. The van der Waals surface area contributed by atoms with Crippen molar-refractivity contribution in [1.82, 2.24) is 25.5 Å². The molecule has 1 aliphatic heterocycles. The fraction of sp³-hybridized carbons (Fsp3) is 0.360. The fourth-order valence-corrected chi connectivity index (χ4v) is 4.96. The zero-order chi connectivity index (χ0) is 21.4. The second kappa shape index (κ2) is 8.19. The molecule has 3 aromatic rings. The summed E-state index contributed by atoms with van der Waals surface area (Å²) in [5, 5.41) is 22.8. The van der Waals surface area contributed by atoms with Crippen molar-refractivity contribution in [1.29, 1.82) is 0 Å². The predicted molar refractivity (Wildman–Crippen MR) is 121 cm³/mol. The molecule has 1 saturated heterocycles. The van der Waals surface area contributed by atoms with E-state index in [1.54, 1.807) is 18.5 Å². The summed E-state index contributed by atoms with van der Waals surface area (Å²) in [6.45, 7) is 8.57. The van der Waals surface area contributed by atoms with Crippen molar-refractivity contribution in [2.24, 2.45) is 17.8 Å². The van der Waals surface area contributed by atoms with Crippen LogP contribution in [0.2, 0.25) is 0 Å². The van der Waals surface area contributed by atoms with Gasteiger partial charge in [0.1, 0.15) is 11.4 Å². The van der Waals surface area contributed by atoms with Gasteiger partial charge in [-0.2, -0.15) is 0 Å². The Kier molecular flexibility index (Phi) is 5.24. The molecule has 0 radical (unpaired) electrons. The van der Waals surface area contributed by atoms with E-state index in [1.165, 1.54) is 0 Å². The lowest BCUT2D eigenvalue weighted by Gasteiger charge is -2.13. The molecule has 1 unspecified atom stereocenters. The number of phenolic OH excluding ortho intramolecular Hbond substituents is 1. The summed E-state index contributed by atoms with van der Waals surface area (Å²) in [5.41, 5.74) is 5.14. The van der Waals surface area contributed by atoms with E-state index in [4.69, 9.17) is 0 Å². The molecule has 1 saturated carbocycles. The highest BCUT2D eigenvalue weighted by atomic mass is 16.3. The molecule has 1 aliphatic carbocycles. The van der Waals surface area contributed by atoms with Crippen LogP contribution in [0.25, 0.3) is 28.0 Å². The Balaban J connectivity index is 1.34. The van der Waals surface area contributed by atoms with Gasteiger partial charge in [-0.1, -0.05) is 19.6 Å². The molecular formula is C25H27N5O. The van der Waals surface area contributed by atoms with E-state index in [2.05, 4.69) is 39.0 Å². The molecule has 2 fully saturated rings. The van der Waals surface area contributed by atoms with E-state index in [1.807, 2.05) is 24.3 Å². The topological polar surface area (TPSA) is 83.8 Å². The summed E-state index contributed by atoms with van der Waals surface area (Å²) in [5.74, 6) is 2.70. The van der Waals surface area contributed by atoms with Crippen LogP contribution in [0.15, 0.2) is 49.3 Å². The zero-order valence-electron chi connectivity index (χ0n) is 17.8. The summed E-state index contributed by atoms with van der Waals surface area (Å²) < 4.78 is 0. The maximum atomic E-state index is 10.6. The summed E-state index contributed by atoms with van der Waals surface area (Å²) in [6.07, 6.45) is 6.66. The third-order valence-corrected chi connectivity index (χ3v) is 6.78. The lowest BCUT2D eigenvalue weighted by molar-refractivity contribution is 0.477. The molecule has 31 heavy (non-hydrogen) atoms. The van der Waals surface area contributed by atoms with Gasteiger partial charge in [-0.25, -0.2) is 4.98 Å². The van der Waals surface area contributed by atoms with Gasteiger partial charge >= 0.3 is 0 Å². The standard InChI is InChI=1S/C25H27N5O/c1-3-21-10-17(6-7-27-21)16-4-5-22(24(31)11-16)23-14-28-25(30-29-23)15(2)18-8-19-12-26-13-20(19)9-18/h4-7,10-11,14,18-20,26,31H,2-3,8-9,12-13H2,1H3/t18?,19-,20+. The number of rotatable bonds is 5. The van der Waals surface area contributed by atoms with E-state index in [0.29, 0.717) is 23.0 Å². The number of allylic oxidation sites excluding steroid dienone is 1. The molecule has 3 atom stereocenters. The van der Waals surface area contributed by atoms with Crippen molar-refractivity contribution < 1.29 is 5.11 Å². The minimum atomic E-state index is 0.158. The van der Waals surface area contributed by atoms with Crippen LogP contribution in [0.4, 0.5) is 0 Å². The number of hydrogen-bond acceptors (Lipinski definition) is 6. The highest BCUT2D eigenvalue weighted by Crippen LogP contribution is 2.43. The first kappa shape index (κ1) is 19.8. The number of aromatic hydroxyl groups is 1. The average molecular weight is 414 g/mol. The van der Waals surface area contributed by atoms with Crippen LogP contribution in [0.1, 0.15) is 31.3 Å². The predicted octanol–water partition coefficient (Wildman–Crippen LogP) is 4.13. The van der Waals surface area contributed by atoms with Crippen LogP contribution in [-0.4, -0.2) is 38.4 Å². The van der Waals surface area contributed by atoms with Crippen LogP contribution in [0.5, 0.6) is 5.75 Å². The van der Waals surface area contributed by atoms with Crippen LogP contribution in [-0.2, 0) is 6.42 Å². The zero-order valence-corrected chi connectivity index (χ0v) is 17.8. The lowest BCUT2D eigenvalue weighted by atomic mass is 9.96. The molecule has 3 heterocycles. The molecule has 158 valence electrons. The van der Waals surface area contributed by atoms with Crippen molar-refractivity contribution >= 4 is 5.57 Å². The Labute approximate surface area is 182 Å². The first-order valence-corrected chi connectivity index (χ1v) is 11.0. The fourth-order valence-electron chi connectivity index (χ4n) is 4.96. The van der Waals surface area contributed by atoms with Gasteiger partial charge in [0.25, 0.3) is 0 Å². The molecule has 1 aromatic carbocycles. The van der Waals surface area contributed by atoms with Gasteiger partial charge in [0, 0.05) is 17.5 Å². The van der Waals surface area contributed by atoms with E-state index in [-0.39, 0.29) is 5.75 Å². The number of pyridine rings is 1. The Morgan fingerprint density at radius 2 is 1.84 bits per heavy atom. The smallest absolute Gasteiger partial charge is 0.177 e. The number of aromatic nitrogens is 4. The third kappa shape index (κ3) is 3.83. The summed E-state index contributed by atoms with van der Waals surface area (Å²) in [6, 6.07) is 9.59. The Morgan fingerprint density at radius 3 is 2.52 bits per heavy atom. The van der Waals surface area contributed by atoms with Crippen LogP contribution < -0.4 is 5.32 Å². The number of nitrogens with zero attached hydrogens (tertiary/aromatic N) is 4. The van der Waals surface area contributed by atoms with Crippen molar-refractivity contribution in [3.63, 3.8) is 0 Å². The third-order valence-electron chi connectivity index (χ3n) is 6.78.